The van der Waals surface area contributed by atoms with Crippen LogP contribution in [0.4, 0.5) is 24.7 Å². The third-order valence-electron chi connectivity index (χ3n) is 8.57. The van der Waals surface area contributed by atoms with Crippen molar-refractivity contribution < 1.29 is 35.8 Å². The lowest BCUT2D eigenvalue weighted by molar-refractivity contribution is -0.139. The average Bonchev–Trinajstić information content (AvgIpc) is 3.63. The lowest BCUT2D eigenvalue weighted by Gasteiger charge is -2.27. The summed E-state index contributed by atoms with van der Waals surface area (Å²) >= 11 is 0. The van der Waals surface area contributed by atoms with Gasteiger partial charge < -0.3 is 25.7 Å². The Morgan fingerprint density at radius 3 is 1.74 bits per heavy atom. The summed E-state index contributed by atoms with van der Waals surface area (Å²) in [5, 5.41) is 12.6. The van der Waals surface area contributed by atoms with Gasteiger partial charge in [0.05, 0.1) is 44.7 Å². The van der Waals surface area contributed by atoms with Gasteiger partial charge in [0.2, 0.25) is 15.8 Å². The first-order valence-electron chi connectivity index (χ1n) is 16.2. The van der Waals surface area contributed by atoms with E-state index in [0.29, 0.717) is 40.0 Å². The first-order chi connectivity index (χ1) is 25.8. The molecule has 2 aromatic heterocycles. The fourth-order valence-electron chi connectivity index (χ4n) is 5.77. The maximum Gasteiger partial charge on any atom is 0.417 e. The van der Waals surface area contributed by atoms with Crippen LogP contribution in [0.15, 0.2) is 102 Å². The number of methoxy groups -OCH3 is 3. The molecule has 0 saturated heterocycles. The van der Waals surface area contributed by atoms with Crippen molar-refractivity contribution in [3.63, 3.8) is 0 Å². The van der Waals surface area contributed by atoms with E-state index in [2.05, 4.69) is 20.4 Å². The Kier molecular flexibility index (Phi) is 10.7. The minimum absolute atomic E-state index is 0.0361. The fraction of sp³-hybridized carbons (Fsp3) is 0.189. The van der Waals surface area contributed by atoms with E-state index in [1.54, 1.807) is 72.8 Å². The summed E-state index contributed by atoms with van der Waals surface area (Å²) < 4.78 is 92.4. The summed E-state index contributed by atoms with van der Waals surface area (Å²) in [6.45, 7) is -0.582. The third kappa shape index (κ3) is 7.91. The van der Waals surface area contributed by atoms with E-state index < -0.39 is 38.0 Å². The molecule has 0 amide bonds. The van der Waals surface area contributed by atoms with Crippen molar-refractivity contribution in [1.29, 1.82) is 0 Å². The molecular weight excluding hydrogens is 726 g/mol. The Bertz CT molecular complexity index is 2300. The number of anilines is 2. The topological polar surface area (TPSA) is 174 Å². The zero-order valence-corrected chi connectivity index (χ0v) is 30.1. The second-order valence-electron chi connectivity index (χ2n) is 12.0. The number of ether oxygens (including phenoxy) is 3. The number of nitrogens with two attached hydrogens (primary N) is 2. The quantitative estimate of drug-likeness (QED) is 0.140. The Labute approximate surface area is 309 Å². The molecule has 0 radical (unpaired) electrons. The minimum atomic E-state index is -5.15. The van der Waals surface area contributed by atoms with Crippen LogP contribution in [0.1, 0.15) is 22.3 Å². The third-order valence-corrected chi connectivity index (χ3v) is 10.4. The van der Waals surface area contributed by atoms with Gasteiger partial charge in [-0.25, -0.2) is 13.4 Å². The SMILES string of the molecule is COc1ccc(CN(Cc2ccc(OC)cc2)S(=O)(=O)c2c(C(F)(F)F)ccc(-c3ccnc(N)c3N)c2-c2nnn(Cc3ccc(OC)cc3)n2)cc1. The highest BCUT2D eigenvalue weighted by molar-refractivity contribution is 7.89. The number of nitrogens with zero attached hydrogens (tertiary/aromatic N) is 6. The molecule has 0 saturated carbocycles. The predicted octanol–water partition coefficient (Wildman–Crippen LogP) is 6.05. The van der Waals surface area contributed by atoms with E-state index in [4.69, 9.17) is 25.7 Å². The monoisotopic (exact) mass is 760 g/mol. The molecule has 0 bridgehead atoms. The van der Waals surface area contributed by atoms with Crippen LogP contribution in [0.2, 0.25) is 0 Å². The molecule has 4 aromatic carbocycles. The first-order valence-corrected chi connectivity index (χ1v) is 17.7. The van der Waals surface area contributed by atoms with Crippen molar-refractivity contribution in [2.75, 3.05) is 32.8 Å². The highest BCUT2D eigenvalue weighted by atomic mass is 32.2. The van der Waals surface area contributed by atoms with E-state index in [-0.39, 0.29) is 42.3 Å². The lowest BCUT2D eigenvalue weighted by Crippen LogP contribution is -2.32. The van der Waals surface area contributed by atoms with Crippen LogP contribution in [0.5, 0.6) is 17.2 Å². The Morgan fingerprint density at radius 2 is 1.24 bits per heavy atom. The van der Waals surface area contributed by atoms with Gasteiger partial charge in [0.15, 0.2) is 0 Å². The van der Waals surface area contributed by atoms with Crippen molar-refractivity contribution >= 4 is 21.5 Å². The number of sulfonamides is 1. The van der Waals surface area contributed by atoms with Crippen LogP contribution in [0, 0.1) is 0 Å². The molecule has 6 rings (SSSR count). The standard InChI is InChI=1S/C37H35F3N8O5S/c1-51-26-10-4-23(5-11-26)20-47(21-24-6-12-27(52-2)13-7-24)54(49,50)34-31(37(38,39)40)17-16-29(30-18-19-43-35(42)33(30)41)32(34)36-44-46-48(45-36)22-25-8-14-28(53-3)15-9-25/h4-19H,20-22,41H2,1-3H3,(H2,42,43). The number of pyridine rings is 1. The molecule has 6 aromatic rings. The summed E-state index contributed by atoms with van der Waals surface area (Å²) in [5.74, 6) is 1.12. The second-order valence-corrected chi connectivity index (χ2v) is 13.9. The largest absolute Gasteiger partial charge is 0.497 e. The Balaban J connectivity index is 1.59. The molecule has 0 aliphatic heterocycles. The van der Waals surface area contributed by atoms with Gasteiger partial charge in [-0.2, -0.15) is 22.3 Å². The molecule has 0 aliphatic rings. The van der Waals surface area contributed by atoms with Crippen molar-refractivity contribution in [1.82, 2.24) is 29.5 Å². The molecule has 4 N–H and O–H groups in total. The number of nitrogen functional groups attached to an aromatic ring is 2. The molecule has 0 fully saturated rings. The van der Waals surface area contributed by atoms with E-state index in [1.807, 2.05) is 0 Å². The van der Waals surface area contributed by atoms with Crippen molar-refractivity contribution in [2.24, 2.45) is 0 Å². The zero-order chi connectivity index (χ0) is 38.6. The summed E-state index contributed by atoms with van der Waals surface area (Å²) in [7, 11) is -0.617. The van der Waals surface area contributed by atoms with Gasteiger partial charge in [-0.1, -0.05) is 42.5 Å². The van der Waals surface area contributed by atoms with Crippen molar-refractivity contribution in [3.8, 4) is 39.8 Å². The normalized spacial score (nSPS) is 11.8. The average molecular weight is 761 g/mol. The molecular formula is C37H35F3N8O5S. The van der Waals surface area contributed by atoms with Gasteiger partial charge in [0.1, 0.15) is 28.0 Å². The van der Waals surface area contributed by atoms with Crippen LogP contribution in [0.3, 0.4) is 0 Å². The fourth-order valence-corrected chi connectivity index (χ4v) is 7.59. The number of aromatic nitrogens is 5. The summed E-state index contributed by atoms with van der Waals surface area (Å²) in [4.78, 5) is 4.03. The molecule has 17 heteroatoms. The van der Waals surface area contributed by atoms with Gasteiger partial charge in [-0.05, 0) is 76.0 Å². The molecule has 0 aliphatic carbocycles. The van der Waals surface area contributed by atoms with E-state index >= 15 is 21.6 Å². The molecule has 0 atom stereocenters. The van der Waals surface area contributed by atoms with Gasteiger partial charge in [0, 0.05) is 24.8 Å². The van der Waals surface area contributed by atoms with Crippen LogP contribution >= 0.6 is 0 Å². The number of hydrogen-bond acceptors (Lipinski definition) is 11. The number of rotatable bonds is 13. The van der Waals surface area contributed by atoms with Crippen molar-refractivity contribution in [2.45, 2.75) is 30.7 Å². The molecule has 13 nitrogen and oxygen atoms in total. The number of halogens is 3. The van der Waals surface area contributed by atoms with E-state index in [9.17, 15) is 0 Å². The molecule has 280 valence electrons. The maximum absolute atomic E-state index is 15.2. The summed E-state index contributed by atoms with van der Waals surface area (Å²) in [6, 6.07) is 23.2. The lowest BCUT2D eigenvalue weighted by atomic mass is 9.96. The van der Waals surface area contributed by atoms with Crippen molar-refractivity contribution in [3.05, 3.63) is 119 Å². The minimum Gasteiger partial charge on any atom is -0.497 e. The van der Waals surface area contributed by atoms with Gasteiger partial charge in [-0.3, -0.25) is 0 Å². The molecule has 54 heavy (non-hydrogen) atoms. The smallest absolute Gasteiger partial charge is 0.417 e. The number of alkyl halides is 3. The van der Waals surface area contributed by atoms with Gasteiger partial charge in [-0.15, -0.1) is 10.2 Å². The highest BCUT2D eigenvalue weighted by Crippen LogP contribution is 2.46. The Hall–Kier alpha value is -6.20. The molecule has 0 spiro atoms. The van der Waals surface area contributed by atoms with Crippen LogP contribution in [-0.4, -0.2) is 59.2 Å². The molecule has 0 unspecified atom stereocenters. The highest BCUT2D eigenvalue weighted by Gasteiger charge is 2.43. The Morgan fingerprint density at radius 1 is 0.722 bits per heavy atom. The van der Waals surface area contributed by atoms with Crippen LogP contribution < -0.4 is 25.7 Å². The second kappa shape index (κ2) is 15.4. The predicted molar refractivity (Wildman–Crippen MR) is 195 cm³/mol. The van der Waals surface area contributed by atoms with Gasteiger partial charge >= 0.3 is 6.18 Å². The first kappa shape index (κ1) is 37.6. The maximum atomic E-state index is 15.2. The molecule has 2 heterocycles. The zero-order valence-electron chi connectivity index (χ0n) is 29.3. The summed E-state index contributed by atoms with van der Waals surface area (Å²) in [5.41, 5.74) is 12.1. The van der Waals surface area contributed by atoms with E-state index in [0.717, 1.165) is 15.2 Å². The summed E-state index contributed by atoms with van der Waals surface area (Å²) in [6.07, 6.45) is -3.84. The van der Waals surface area contributed by atoms with Crippen LogP contribution in [-0.2, 0) is 35.8 Å². The number of tetrazole rings is 1. The number of benzene rings is 4. The number of hydrogen-bond donors (Lipinski definition) is 2. The van der Waals surface area contributed by atoms with Crippen LogP contribution in [0.25, 0.3) is 22.5 Å². The van der Waals surface area contributed by atoms with Gasteiger partial charge in [0.25, 0.3) is 0 Å². The van der Waals surface area contributed by atoms with E-state index in [1.165, 1.54) is 33.6 Å².